The molecule has 6 heteroatoms. The van der Waals surface area contributed by atoms with E-state index < -0.39 is 0 Å². The average Bonchev–Trinajstić information content (AvgIpc) is 3.29. The number of rotatable bonds is 4. The number of hydrogen-bond donors (Lipinski definition) is 1. The van der Waals surface area contributed by atoms with Crippen molar-refractivity contribution in [2.45, 2.75) is 18.9 Å². The molecular formula is C17H16N4OS. The van der Waals surface area contributed by atoms with Crippen molar-refractivity contribution >= 4 is 17.2 Å². The molecule has 5 nitrogen and oxygen atoms in total. The highest BCUT2D eigenvalue weighted by molar-refractivity contribution is 7.08. The summed E-state index contributed by atoms with van der Waals surface area (Å²) < 4.78 is 0. The number of carbonyl (C=O) groups excluding carboxylic acids is 1. The summed E-state index contributed by atoms with van der Waals surface area (Å²) in [5.41, 5.74) is 3.26. The van der Waals surface area contributed by atoms with Crippen molar-refractivity contribution in [3.8, 4) is 11.3 Å². The van der Waals surface area contributed by atoms with Crippen LogP contribution >= 0.6 is 11.3 Å². The van der Waals surface area contributed by atoms with Gasteiger partial charge in [-0.1, -0.05) is 0 Å². The third kappa shape index (κ3) is 2.90. The van der Waals surface area contributed by atoms with Crippen LogP contribution < -0.4 is 0 Å². The number of aromatic amines is 1. The summed E-state index contributed by atoms with van der Waals surface area (Å²) in [6, 6.07) is 5.96. The molecule has 1 N–H and O–H groups in total. The monoisotopic (exact) mass is 324 g/mol. The lowest BCUT2D eigenvalue weighted by Crippen LogP contribution is -2.24. The highest BCUT2D eigenvalue weighted by Crippen LogP contribution is 2.29. The maximum atomic E-state index is 12.3. The van der Waals surface area contributed by atoms with Gasteiger partial charge in [-0.3, -0.25) is 9.78 Å². The van der Waals surface area contributed by atoms with E-state index in [2.05, 4.69) is 26.4 Å². The first-order chi connectivity index (χ1) is 11.3. The molecule has 1 atom stereocenters. The van der Waals surface area contributed by atoms with Crippen LogP contribution in [-0.2, 0) is 11.3 Å². The van der Waals surface area contributed by atoms with Crippen molar-refractivity contribution in [1.82, 2.24) is 19.9 Å². The molecule has 4 rings (SSSR count). The van der Waals surface area contributed by atoms with Crippen molar-refractivity contribution in [1.29, 1.82) is 0 Å². The number of thiophene rings is 1. The van der Waals surface area contributed by atoms with Crippen LogP contribution in [0.25, 0.3) is 11.3 Å². The molecule has 0 aliphatic carbocycles. The molecule has 0 spiro atoms. The predicted octanol–water partition coefficient (Wildman–Crippen LogP) is 3.05. The summed E-state index contributed by atoms with van der Waals surface area (Å²) in [6.45, 7) is 1.34. The Morgan fingerprint density at radius 1 is 1.30 bits per heavy atom. The number of imidazole rings is 1. The van der Waals surface area contributed by atoms with Crippen LogP contribution in [0.4, 0.5) is 0 Å². The predicted molar refractivity (Wildman–Crippen MR) is 88.9 cm³/mol. The molecule has 0 aromatic carbocycles. The van der Waals surface area contributed by atoms with Gasteiger partial charge in [-0.15, -0.1) is 0 Å². The normalized spacial score (nSPS) is 17.8. The number of amides is 1. The van der Waals surface area contributed by atoms with Crippen molar-refractivity contribution in [3.63, 3.8) is 0 Å². The Balaban J connectivity index is 1.48. The Morgan fingerprint density at radius 2 is 2.17 bits per heavy atom. The highest BCUT2D eigenvalue weighted by Gasteiger charge is 2.32. The number of nitrogens with zero attached hydrogens (tertiary/aromatic N) is 3. The molecule has 3 aromatic rings. The van der Waals surface area contributed by atoms with Crippen LogP contribution in [-0.4, -0.2) is 32.3 Å². The summed E-state index contributed by atoms with van der Waals surface area (Å²) in [7, 11) is 0. The number of pyridine rings is 1. The van der Waals surface area contributed by atoms with Gasteiger partial charge in [-0.25, -0.2) is 4.98 Å². The quantitative estimate of drug-likeness (QED) is 0.802. The largest absolute Gasteiger partial charge is 0.342 e. The number of hydrogen-bond acceptors (Lipinski definition) is 4. The van der Waals surface area contributed by atoms with E-state index in [4.69, 9.17) is 0 Å². The van der Waals surface area contributed by atoms with Crippen LogP contribution in [0.1, 0.15) is 23.7 Å². The summed E-state index contributed by atoms with van der Waals surface area (Å²) in [4.78, 5) is 26.0. The van der Waals surface area contributed by atoms with Gasteiger partial charge in [0.2, 0.25) is 5.91 Å². The van der Waals surface area contributed by atoms with Crippen LogP contribution in [0, 0.1) is 0 Å². The molecule has 3 aromatic heterocycles. The maximum absolute atomic E-state index is 12.3. The molecule has 1 aliphatic rings. The molecule has 0 unspecified atom stereocenters. The molecule has 0 bridgehead atoms. The Hall–Kier alpha value is -2.47. The first-order valence-corrected chi connectivity index (χ1v) is 8.48. The van der Waals surface area contributed by atoms with E-state index in [0.717, 1.165) is 22.6 Å². The lowest BCUT2D eigenvalue weighted by atomic mass is 10.1. The SMILES string of the molecule is O=C1C[C@@H](c2ncc(-c3ccsc3)[nH]2)CN1Cc1ccncc1. The molecular weight excluding hydrogens is 308 g/mol. The van der Waals surface area contributed by atoms with E-state index in [1.807, 2.05) is 28.6 Å². The molecule has 1 aliphatic heterocycles. The van der Waals surface area contributed by atoms with Crippen LogP contribution in [0.5, 0.6) is 0 Å². The van der Waals surface area contributed by atoms with Crippen LogP contribution in [0.2, 0.25) is 0 Å². The first kappa shape index (κ1) is 14.1. The zero-order chi connectivity index (χ0) is 15.6. The van der Waals surface area contributed by atoms with Crippen molar-refractivity contribution < 1.29 is 4.79 Å². The summed E-state index contributed by atoms with van der Waals surface area (Å²) in [5, 5.41) is 4.14. The van der Waals surface area contributed by atoms with Crippen molar-refractivity contribution in [2.24, 2.45) is 0 Å². The molecule has 1 amide bonds. The van der Waals surface area contributed by atoms with E-state index in [9.17, 15) is 4.79 Å². The highest BCUT2D eigenvalue weighted by atomic mass is 32.1. The van der Waals surface area contributed by atoms with Gasteiger partial charge >= 0.3 is 0 Å². The second kappa shape index (κ2) is 5.96. The molecule has 116 valence electrons. The minimum atomic E-state index is 0.136. The van der Waals surface area contributed by atoms with Gasteiger partial charge in [0.25, 0.3) is 0 Å². The number of nitrogens with one attached hydrogen (secondary N) is 1. The maximum Gasteiger partial charge on any atom is 0.223 e. The average molecular weight is 324 g/mol. The fourth-order valence-electron chi connectivity index (χ4n) is 2.93. The fraction of sp³-hybridized carbons (Fsp3) is 0.235. The van der Waals surface area contributed by atoms with Gasteiger partial charge < -0.3 is 9.88 Å². The third-order valence-electron chi connectivity index (χ3n) is 4.15. The standard InChI is InChI=1S/C17H16N4OS/c22-16-7-14(10-21(16)9-12-1-4-18-5-2-12)17-19-8-15(20-17)13-3-6-23-11-13/h1-6,8,11,14H,7,9-10H2,(H,19,20)/t14-/m1/s1. The molecule has 0 radical (unpaired) electrons. The smallest absolute Gasteiger partial charge is 0.223 e. The van der Waals surface area contributed by atoms with E-state index in [0.29, 0.717) is 19.5 Å². The van der Waals surface area contributed by atoms with Gasteiger partial charge in [-0.2, -0.15) is 11.3 Å². The van der Waals surface area contributed by atoms with E-state index in [1.165, 1.54) is 0 Å². The fourth-order valence-corrected chi connectivity index (χ4v) is 3.58. The number of carbonyl (C=O) groups is 1. The third-order valence-corrected chi connectivity index (χ3v) is 4.83. The molecule has 23 heavy (non-hydrogen) atoms. The first-order valence-electron chi connectivity index (χ1n) is 7.54. The van der Waals surface area contributed by atoms with Gasteiger partial charge in [0, 0.05) is 48.8 Å². The summed E-state index contributed by atoms with van der Waals surface area (Å²) >= 11 is 1.66. The zero-order valence-electron chi connectivity index (χ0n) is 12.5. The van der Waals surface area contributed by atoms with Gasteiger partial charge in [0.1, 0.15) is 5.82 Å². The minimum absolute atomic E-state index is 0.136. The molecule has 4 heterocycles. The molecule has 1 saturated heterocycles. The summed E-state index contributed by atoms with van der Waals surface area (Å²) in [6.07, 6.45) is 5.88. The Bertz CT molecular complexity index is 797. The Labute approximate surface area is 138 Å². The number of H-pyrrole nitrogens is 1. The zero-order valence-corrected chi connectivity index (χ0v) is 13.3. The second-order valence-electron chi connectivity index (χ2n) is 5.72. The minimum Gasteiger partial charge on any atom is -0.342 e. The van der Waals surface area contributed by atoms with Gasteiger partial charge in [-0.05, 0) is 29.1 Å². The summed E-state index contributed by atoms with van der Waals surface area (Å²) in [5.74, 6) is 1.22. The van der Waals surface area contributed by atoms with E-state index in [-0.39, 0.29) is 11.8 Å². The van der Waals surface area contributed by atoms with E-state index in [1.54, 1.807) is 23.7 Å². The van der Waals surface area contributed by atoms with Gasteiger partial charge in [0.15, 0.2) is 0 Å². The van der Waals surface area contributed by atoms with Crippen LogP contribution in [0.3, 0.4) is 0 Å². The van der Waals surface area contributed by atoms with Gasteiger partial charge in [0.05, 0.1) is 11.9 Å². The number of aromatic nitrogens is 3. The lowest BCUT2D eigenvalue weighted by Gasteiger charge is -2.16. The second-order valence-corrected chi connectivity index (χ2v) is 6.50. The van der Waals surface area contributed by atoms with Crippen molar-refractivity contribution in [3.05, 3.63) is 58.9 Å². The molecule has 1 fully saturated rings. The Morgan fingerprint density at radius 3 is 2.96 bits per heavy atom. The van der Waals surface area contributed by atoms with Crippen LogP contribution in [0.15, 0.2) is 47.5 Å². The van der Waals surface area contributed by atoms with Crippen molar-refractivity contribution in [2.75, 3.05) is 6.54 Å². The number of likely N-dealkylation sites (tertiary alicyclic amines) is 1. The Kier molecular flexibility index (Phi) is 3.67. The lowest BCUT2D eigenvalue weighted by molar-refractivity contribution is -0.128. The molecule has 0 saturated carbocycles. The topological polar surface area (TPSA) is 61.9 Å². The van der Waals surface area contributed by atoms with E-state index >= 15 is 0 Å².